The van der Waals surface area contributed by atoms with E-state index in [-0.39, 0.29) is 31.2 Å². The highest BCUT2D eigenvalue weighted by Crippen LogP contribution is 2.47. The zero-order valence-electron chi connectivity index (χ0n) is 21.7. The summed E-state index contributed by atoms with van der Waals surface area (Å²) in [6, 6.07) is 3.28. The van der Waals surface area contributed by atoms with Crippen molar-refractivity contribution in [2.24, 2.45) is 5.92 Å². The Balaban J connectivity index is 1.63. The molecule has 37 heavy (non-hydrogen) atoms. The lowest BCUT2D eigenvalue weighted by molar-refractivity contribution is -0.188. The maximum absolute atomic E-state index is 13.3. The number of carbonyl (C=O) groups excluding carboxylic acids is 1. The molecule has 11 heteroatoms. The fraction of sp³-hybridized carbons (Fsp3) is 0.577. The van der Waals surface area contributed by atoms with E-state index in [1.54, 1.807) is 19.6 Å². The molecule has 202 valence electrons. The van der Waals surface area contributed by atoms with E-state index >= 15 is 0 Å². The number of rotatable bonds is 13. The molecule has 1 amide bonds. The summed E-state index contributed by atoms with van der Waals surface area (Å²) in [5, 5.41) is 11.8. The van der Waals surface area contributed by atoms with Gasteiger partial charge in [0.25, 0.3) is 5.91 Å². The van der Waals surface area contributed by atoms with E-state index < -0.39 is 11.9 Å². The zero-order valence-corrected chi connectivity index (χ0v) is 21.7. The number of ether oxygens (including phenoxy) is 3. The fourth-order valence-corrected chi connectivity index (χ4v) is 5.17. The van der Waals surface area contributed by atoms with Crippen molar-refractivity contribution in [3.63, 3.8) is 0 Å². The number of hydrogen-bond acceptors (Lipinski definition) is 8. The highest BCUT2D eigenvalue weighted by molar-refractivity contribution is 5.78. The monoisotopic (exact) mass is 516 g/mol. The first-order valence-corrected chi connectivity index (χ1v) is 12.8. The largest absolute Gasteiger partial charge is 0.493 e. The van der Waals surface area contributed by atoms with E-state index in [0.29, 0.717) is 49.9 Å². The molecule has 2 aliphatic rings. The van der Waals surface area contributed by atoms with Crippen molar-refractivity contribution in [3.8, 4) is 17.2 Å². The van der Waals surface area contributed by atoms with Crippen LogP contribution in [0.25, 0.3) is 0 Å². The summed E-state index contributed by atoms with van der Waals surface area (Å²) in [7, 11) is 1.54. The molecule has 3 unspecified atom stereocenters. The Morgan fingerprint density at radius 2 is 2.08 bits per heavy atom. The molecule has 0 aliphatic carbocycles. The van der Waals surface area contributed by atoms with Gasteiger partial charge in [-0.05, 0) is 37.0 Å². The number of likely N-dealkylation sites (tertiary alicyclic amines) is 1. The number of nitrogens with zero attached hydrogens (tertiary/aromatic N) is 4. The number of aliphatic carboxylic acids is 1. The zero-order chi connectivity index (χ0) is 26.4. The van der Waals surface area contributed by atoms with E-state index in [1.165, 1.54) is 5.06 Å². The minimum Gasteiger partial charge on any atom is -0.493 e. The van der Waals surface area contributed by atoms with Crippen LogP contribution in [0.2, 0.25) is 0 Å². The van der Waals surface area contributed by atoms with Gasteiger partial charge in [-0.2, -0.15) is 0 Å². The summed E-state index contributed by atoms with van der Waals surface area (Å²) in [5.41, 5.74) is 0.781. The van der Waals surface area contributed by atoms with Crippen LogP contribution in [0.15, 0.2) is 30.9 Å². The van der Waals surface area contributed by atoms with Crippen LogP contribution in [-0.2, 0) is 21.0 Å². The Labute approximate surface area is 216 Å². The molecular formula is C26H36N4O7. The normalized spacial score (nSPS) is 20.8. The van der Waals surface area contributed by atoms with Crippen LogP contribution in [0.4, 0.5) is 0 Å². The first kappa shape index (κ1) is 26.7. The number of fused-ring (bicyclic) bond motifs is 1. The van der Waals surface area contributed by atoms with Crippen molar-refractivity contribution < 1.29 is 33.7 Å². The van der Waals surface area contributed by atoms with Gasteiger partial charge in [0.2, 0.25) is 12.5 Å². The van der Waals surface area contributed by atoms with Gasteiger partial charge in [0.15, 0.2) is 11.5 Å². The third kappa shape index (κ3) is 5.99. The predicted molar refractivity (Wildman–Crippen MR) is 133 cm³/mol. The lowest BCUT2D eigenvalue weighted by atomic mass is 9.84. The van der Waals surface area contributed by atoms with Crippen LogP contribution >= 0.6 is 0 Å². The number of benzene rings is 1. The molecular weight excluding hydrogens is 480 g/mol. The third-order valence-corrected chi connectivity index (χ3v) is 6.88. The molecule has 1 saturated heterocycles. The molecule has 11 nitrogen and oxygen atoms in total. The molecule has 0 bridgehead atoms. The van der Waals surface area contributed by atoms with Crippen LogP contribution in [-0.4, -0.2) is 82.7 Å². The van der Waals surface area contributed by atoms with E-state index in [4.69, 9.17) is 19.0 Å². The first-order chi connectivity index (χ1) is 18.0. The molecule has 3 heterocycles. The van der Waals surface area contributed by atoms with Crippen LogP contribution in [0.5, 0.6) is 17.2 Å². The fourth-order valence-electron chi connectivity index (χ4n) is 5.17. The second-order valence-corrected chi connectivity index (χ2v) is 9.34. The molecule has 2 aromatic rings. The van der Waals surface area contributed by atoms with Gasteiger partial charge in [0.05, 0.1) is 32.5 Å². The molecule has 3 atom stereocenters. The smallest absolute Gasteiger partial charge is 0.308 e. The van der Waals surface area contributed by atoms with Gasteiger partial charge in [0.1, 0.15) is 0 Å². The van der Waals surface area contributed by atoms with Crippen molar-refractivity contribution in [2.45, 2.75) is 51.6 Å². The summed E-state index contributed by atoms with van der Waals surface area (Å²) in [4.78, 5) is 37.8. The third-order valence-electron chi connectivity index (χ3n) is 6.88. The minimum atomic E-state index is -0.903. The molecule has 0 saturated carbocycles. The molecule has 1 aromatic heterocycles. The summed E-state index contributed by atoms with van der Waals surface area (Å²) in [6.45, 7) is 6.05. The Hall–Kier alpha value is -3.31. The van der Waals surface area contributed by atoms with Crippen LogP contribution in [0.1, 0.15) is 44.6 Å². The van der Waals surface area contributed by atoms with Gasteiger partial charge < -0.3 is 23.9 Å². The molecule has 0 spiro atoms. The van der Waals surface area contributed by atoms with Crippen molar-refractivity contribution in [2.75, 3.05) is 40.1 Å². The van der Waals surface area contributed by atoms with Crippen LogP contribution < -0.4 is 14.2 Å². The molecule has 1 N–H and O–H groups in total. The standard InChI is InChI=1S/C26H36N4O7/c1-4-8-30(37-11-5-2)23(31)15-29-14-19(18-12-21(34-3)25-22(13-18)35-17-36-25)24(26(32)33)20(29)6-9-28-10-7-27-16-28/h7,10,12-13,16,19-20,24H,4-6,8-9,11,14-15,17H2,1-3H3,(H,32,33). The van der Waals surface area contributed by atoms with E-state index in [1.807, 2.05) is 41.6 Å². The van der Waals surface area contributed by atoms with Gasteiger partial charge >= 0.3 is 5.97 Å². The SMILES string of the molecule is CCCON(CCC)C(=O)CN1CC(c2cc(OC)c3c(c2)OCO3)C(C(=O)O)C1CCn1ccnc1. The van der Waals surface area contributed by atoms with Gasteiger partial charge in [0, 0.05) is 44.0 Å². The van der Waals surface area contributed by atoms with E-state index in [2.05, 4.69) is 4.98 Å². The van der Waals surface area contributed by atoms with Crippen LogP contribution in [0.3, 0.4) is 0 Å². The van der Waals surface area contributed by atoms with Gasteiger partial charge in [-0.15, -0.1) is 0 Å². The van der Waals surface area contributed by atoms with Crippen LogP contribution in [0, 0.1) is 5.92 Å². The number of imidazole rings is 1. The average molecular weight is 517 g/mol. The molecule has 1 fully saturated rings. The minimum absolute atomic E-state index is 0.0697. The molecule has 2 aliphatic heterocycles. The van der Waals surface area contributed by atoms with E-state index in [9.17, 15) is 14.7 Å². The number of carboxylic acids is 1. The van der Waals surface area contributed by atoms with Crippen molar-refractivity contribution in [1.29, 1.82) is 0 Å². The topological polar surface area (TPSA) is 116 Å². The maximum atomic E-state index is 13.3. The lowest BCUT2D eigenvalue weighted by Crippen LogP contribution is -2.44. The van der Waals surface area contributed by atoms with Crippen molar-refractivity contribution in [3.05, 3.63) is 36.4 Å². The number of amides is 1. The average Bonchev–Trinajstić information content (AvgIpc) is 3.64. The Morgan fingerprint density at radius 3 is 2.76 bits per heavy atom. The lowest BCUT2D eigenvalue weighted by Gasteiger charge is -2.29. The summed E-state index contributed by atoms with van der Waals surface area (Å²) >= 11 is 0. The molecule has 0 radical (unpaired) electrons. The number of carbonyl (C=O) groups is 2. The van der Waals surface area contributed by atoms with Crippen molar-refractivity contribution in [1.82, 2.24) is 19.5 Å². The highest BCUT2D eigenvalue weighted by atomic mass is 16.7. The maximum Gasteiger partial charge on any atom is 0.308 e. The highest BCUT2D eigenvalue weighted by Gasteiger charge is 2.47. The number of aromatic nitrogens is 2. The first-order valence-electron chi connectivity index (χ1n) is 12.8. The summed E-state index contributed by atoms with van der Waals surface area (Å²) in [6.07, 6.45) is 7.35. The number of aryl methyl sites for hydroxylation is 1. The number of methoxy groups -OCH3 is 1. The van der Waals surface area contributed by atoms with E-state index in [0.717, 1.165) is 18.4 Å². The second kappa shape index (κ2) is 12.3. The second-order valence-electron chi connectivity index (χ2n) is 9.34. The number of hydroxylamine groups is 2. The Bertz CT molecular complexity index is 1060. The van der Waals surface area contributed by atoms with Gasteiger partial charge in [-0.1, -0.05) is 13.8 Å². The summed E-state index contributed by atoms with van der Waals surface area (Å²) in [5.74, 6) is -0.639. The molecule has 4 rings (SSSR count). The predicted octanol–water partition coefficient (Wildman–Crippen LogP) is 2.76. The van der Waals surface area contributed by atoms with Crippen molar-refractivity contribution >= 4 is 11.9 Å². The van der Waals surface area contributed by atoms with Gasteiger partial charge in [-0.3, -0.25) is 19.3 Å². The molecule has 1 aromatic carbocycles. The Kier molecular flexibility index (Phi) is 8.88. The quantitative estimate of drug-likeness (QED) is 0.401. The number of carboxylic acid groups (broad SMARTS) is 1. The number of hydrogen-bond donors (Lipinski definition) is 1. The summed E-state index contributed by atoms with van der Waals surface area (Å²) < 4.78 is 18.5. The van der Waals surface area contributed by atoms with Gasteiger partial charge in [-0.25, -0.2) is 10.0 Å². The Morgan fingerprint density at radius 1 is 1.24 bits per heavy atom.